The number of nitrogens with one attached hydrogen (secondary N) is 1. The number of hydrogen-bond donors (Lipinski definition) is 4. The summed E-state index contributed by atoms with van der Waals surface area (Å²) in [6.07, 6.45) is -2.97. The van der Waals surface area contributed by atoms with Crippen LogP contribution < -0.4 is 5.56 Å². The summed E-state index contributed by atoms with van der Waals surface area (Å²) >= 11 is 0. The first kappa shape index (κ1) is 12.6. The molecule has 10 heteroatoms. The average molecular weight is 286 g/mol. The van der Waals surface area contributed by atoms with Crippen LogP contribution in [-0.2, 0) is 4.74 Å². The molecule has 9 nitrogen and oxygen atoms in total. The summed E-state index contributed by atoms with van der Waals surface area (Å²) in [5, 5.41) is 28.7. The summed E-state index contributed by atoms with van der Waals surface area (Å²) in [6, 6.07) is 0. The number of aliphatic hydroxyl groups is 3. The second kappa shape index (κ2) is 4.62. The molecule has 2 aromatic heterocycles. The minimum atomic E-state index is -1.22. The molecule has 0 aromatic carbocycles. The van der Waals surface area contributed by atoms with Crippen molar-refractivity contribution in [2.24, 2.45) is 0 Å². The van der Waals surface area contributed by atoms with E-state index in [-0.39, 0.29) is 16.7 Å². The molecule has 1 aliphatic rings. The Morgan fingerprint density at radius 1 is 1.47 bits per heavy atom. The van der Waals surface area contributed by atoms with E-state index in [2.05, 4.69) is 14.7 Å². The SMILES string of the molecule is O=c1[nH]cnc2c1npn2[C@@H]1O[C@H](CO)C(O)C1O. The van der Waals surface area contributed by atoms with Gasteiger partial charge in [-0.05, 0) is 0 Å². The monoisotopic (exact) mass is 286 g/mol. The van der Waals surface area contributed by atoms with Gasteiger partial charge in [-0.3, -0.25) is 9.12 Å². The molecule has 0 saturated carbocycles. The number of nitrogens with zero attached hydrogens (tertiary/aromatic N) is 3. The van der Waals surface area contributed by atoms with Crippen molar-refractivity contribution in [2.75, 3.05) is 6.61 Å². The van der Waals surface area contributed by atoms with Crippen LogP contribution >= 0.6 is 8.51 Å². The second-order valence-corrected chi connectivity index (χ2v) is 4.98. The summed E-state index contributed by atoms with van der Waals surface area (Å²) in [4.78, 5) is 17.9. The number of aliphatic hydroxyl groups excluding tert-OH is 3. The first-order chi connectivity index (χ1) is 9.13. The van der Waals surface area contributed by atoms with Crippen LogP contribution in [0.3, 0.4) is 0 Å². The minimum Gasteiger partial charge on any atom is -0.394 e. The predicted octanol–water partition coefficient (Wildman–Crippen LogP) is -1.69. The number of aromatic nitrogens is 4. The van der Waals surface area contributed by atoms with Crippen LogP contribution in [0.1, 0.15) is 6.23 Å². The van der Waals surface area contributed by atoms with E-state index in [0.29, 0.717) is 8.51 Å². The molecule has 1 fully saturated rings. The lowest BCUT2D eigenvalue weighted by Gasteiger charge is -2.15. The fourth-order valence-corrected chi connectivity index (χ4v) is 2.92. The van der Waals surface area contributed by atoms with Crippen molar-refractivity contribution in [1.82, 2.24) is 19.0 Å². The van der Waals surface area contributed by atoms with Gasteiger partial charge in [0.25, 0.3) is 5.56 Å². The molecule has 3 heterocycles. The van der Waals surface area contributed by atoms with Gasteiger partial charge in [-0.15, -0.1) is 0 Å². The number of ether oxygens (including phenoxy) is 1. The third-order valence-corrected chi connectivity index (χ3v) is 3.92. The Bertz CT molecular complexity index is 657. The van der Waals surface area contributed by atoms with Gasteiger partial charge in [0.1, 0.15) is 26.8 Å². The minimum absolute atomic E-state index is 0.155. The third-order valence-electron chi connectivity index (χ3n) is 3.03. The molecule has 1 aliphatic heterocycles. The van der Waals surface area contributed by atoms with Crippen molar-refractivity contribution in [1.29, 1.82) is 0 Å². The maximum absolute atomic E-state index is 11.5. The Morgan fingerprint density at radius 3 is 2.95 bits per heavy atom. The first-order valence-electron chi connectivity index (χ1n) is 5.54. The number of H-pyrrole nitrogens is 1. The Balaban J connectivity index is 2.06. The fraction of sp³-hybridized carbons (Fsp3) is 0.556. The summed E-state index contributed by atoms with van der Waals surface area (Å²) < 4.78 is 10.8. The molecule has 1 saturated heterocycles. The van der Waals surface area contributed by atoms with Gasteiger partial charge >= 0.3 is 0 Å². The fourth-order valence-electron chi connectivity index (χ4n) is 2.03. The van der Waals surface area contributed by atoms with Crippen LogP contribution in [0, 0.1) is 0 Å². The normalized spacial score (nSPS) is 31.5. The van der Waals surface area contributed by atoms with Gasteiger partial charge in [0.2, 0.25) is 0 Å². The van der Waals surface area contributed by atoms with Crippen LogP contribution in [-0.4, -0.2) is 59.3 Å². The van der Waals surface area contributed by atoms with Gasteiger partial charge in [0.05, 0.1) is 12.9 Å². The van der Waals surface area contributed by atoms with Crippen molar-refractivity contribution >= 4 is 19.7 Å². The Hall–Kier alpha value is -1.38. The molecule has 4 N–H and O–H groups in total. The number of rotatable bonds is 2. The van der Waals surface area contributed by atoms with Gasteiger partial charge in [-0.1, -0.05) is 0 Å². The topological polar surface area (TPSA) is 133 Å². The number of aromatic amines is 1. The maximum atomic E-state index is 11.5. The average Bonchev–Trinajstić information content (AvgIpc) is 2.94. The second-order valence-electron chi connectivity index (χ2n) is 4.17. The van der Waals surface area contributed by atoms with Crippen molar-refractivity contribution in [3.05, 3.63) is 16.7 Å². The number of fused-ring (bicyclic) bond motifs is 1. The molecule has 2 aromatic rings. The third kappa shape index (κ3) is 1.87. The van der Waals surface area contributed by atoms with Crippen LogP contribution in [0.15, 0.2) is 11.1 Å². The standard InChI is InChI=1S/C9H11N4O5P/c14-1-3-5(15)6(16)9(18-3)13-7-4(12-19-13)8(17)11-2-10-7/h2-3,5-6,9,14-16H,1H2,(H,10,11,17)/t3-,5?,6?,9-/m1/s1. The first-order valence-corrected chi connectivity index (χ1v) is 6.34. The molecule has 0 spiro atoms. The summed E-state index contributed by atoms with van der Waals surface area (Å²) in [5.41, 5.74) is 0.0499. The van der Waals surface area contributed by atoms with E-state index in [1.165, 1.54) is 10.7 Å². The molecular weight excluding hydrogens is 275 g/mol. The largest absolute Gasteiger partial charge is 0.394 e. The Kier molecular flexibility index (Phi) is 3.08. The summed E-state index contributed by atoms with van der Waals surface area (Å²) in [7, 11) is 0.366. The Labute approximate surface area is 107 Å². The highest BCUT2D eigenvalue weighted by Gasteiger charge is 2.44. The predicted molar refractivity (Wildman–Crippen MR) is 63.7 cm³/mol. The Morgan fingerprint density at radius 2 is 2.26 bits per heavy atom. The highest BCUT2D eigenvalue weighted by molar-refractivity contribution is 7.21. The molecule has 3 rings (SSSR count). The molecule has 19 heavy (non-hydrogen) atoms. The lowest BCUT2D eigenvalue weighted by atomic mass is 10.1. The molecule has 4 atom stereocenters. The number of hydrogen-bond acceptors (Lipinski definition) is 7. The van der Waals surface area contributed by atoms with Gasteiger partial charge in [0, 0.05) is 0 Å². The van der Waals surface area contributed by atoms with Gasteiger partial charge in [-0.2, -0.15) is 0 Å². The maximum Gasteiger partial charge on any atom is 0.279 e. The summed E-state index contributed by atoms with van der Waals surface area (Å²) in [6.45, 7) is -0.410. The quantitative estimate of drug-likeness (QED) is 0.517. The molecule has 0 bridgehead atoms. The molecule has 2 unspecified atom stereocenters. The molecule has 0 radical (unpaired) electrons. The van der Waals surface area contributed by atoms with Crippen LogP contribution in [0.2, 0.25) is 0 Å². The molecule has 0 amide bonds. The zero-order valence-electron chi connectivity index (χ0n) is 9.54. The van der Waals surface area contributed by atoms with Gasteiger partial charge in [0.15, 0.2) is 17.4 Å². The zero-order valence-corrected chi connectivity index (χ0v) is 10.4. The van der Waals surface area contributed by atoms with Crippen LogP contribution in [0.5, 0.6) is 0 Å². The summed E-state index contributed by atoms with van der Waals surface area (Å²) in [5.74, 6) is 0. The van der Waals surface area contributed by atoms with Gasteiger partial charge in [-0.25, -0.2) is 9.73 Å². The van der Waals surface area contributed by atoms with Crippen LogP contribution in [0.4, 0.5) is 0 Å². The smallest absolute Gasteiger partial charge is 0.279 e. The van der Waals surface area contributed by atoms with E-state index >= 15 is 0 Å². The molecule has 102 valence electrons. The highest BCUT2D eigenvalue weighted by atomic mass is 31.1. The highest BCUT2D eigenvalue weighted by Crippen LogP contribution is 2.33. The van der Waals surface area contributed by atoms with Crippen molar-refractivity contribution in [3.63, 3.8) is 0 Å². The lowest BCUT2D eigenvalue weighted by molar-refractivity contribution is -0.0462. The van der Waals surface area contributed by atoms with Crippen molar-refractivity contribution in [3.8, 4) is 0 Å². The van der Waals surface area contributed by atoms with E-state index in [1.54, 1.807) is 0 Å². The molecule has 0 aliphatic carbocycles. The van der Waals surface area contributed by atoms with Crippen LogP contribution in [0.25, 0.3) is 11.2 Å². The van der Waals surface area contributed by atoms with Crippen molar-refractivity contribution in [2.45, 2.75) is 24.5 Å². The zero-order chi connectivity index (χ0) is 13.6. The van der Waals surface area contributed by atoms with E-state index in [4.69, 9.17) is 9.84 Å². The van der Waals surface area contributed by atoms with Gasteiger partial charge < -0.3 is 25.0 Å². The van der Waals surface area contributed by atoms with E-state index < -0.39 is 31.1 Å². The van der Waals surface area contributed by atoms with Crippen molar-refractivity contribution < 1.29 is 20.1 Å². The van der Waals surface area contributed by atoms with E-state index in [0.717, 1.165) is 0 Å². The van der Waals surface area contributed by atoms with E-state index in [9.17, 15) is 15.0 Å². The van der Waals surface area contributed by atoms with E-state index in [1.807, 2.05) is 0 Å². The molecular formula is C9H11N4O5P. The lowest BCUT2D eigenvalue weighted by Crippen LogP contribution is -2.32.